The molecule has 1 aliphatic rings. The molecule has 3 nitrogen and oxygen atoms in total. The normalized spacial score (nSPS) is 23.3. The fourth-order valence-corrected chi connectivity index (χ4v) is 2.23. The summed E-state index contributed by atoms with van der Waals surface area (Å²) < 4.78 is 11.1. The lowest BCUT2D eigenvalue weighted by Gasteiger charge is -2.12. The highest BCUT2D eigenvalue weighted by molar-refractivity contribution is 5.98. The molecule has 0 bridgehead atoms. The minimum atomic E-state index is -0.00528. The van der Waals surface area contributed by atoms with E-state index in [1.54, 1.807) is 0 Å². The molecule has 1 aromatic rings. The molecule has 18 heavy (non-hydrogen) atoms. The van der Waals surface area contributed by atoms with Crippen molar-refractivity contribution in [2.24, 2.45) is 5.92 Å². The number of carbonyl (C=O) groups is 1. The summed E-state index contributed by atoms with van der Waals surface area (Å²) in [6.07, 6.45) is 1.12. The Kier molecular flexibility index (Phi) is 4.02. The van der Waals surface area contributed by atoms with Gasteiger partial charge in [-0.05, 0) is 39.3 Å². The number of ketones is 1. The van der Waals surface area contributed by atoms with Crippen LogP contribution in [0.15, 0.2) is 24.3 Å². The molecule has 2 unspecified atom stereocenters. The minimum Gasteiger partial charge on any atom is -0.491 e. The van der Waals surface area contributed by atoms with Gasteiger partial charge in [-0.15, -0.1) is 0 Å². The van der Waals surface area contributed by atoms with E-state index in [-0.39, 0.29) is 23.9 Å². The molecule has 2 rings (SSSR count). The van der Waals surface area contributed by atoms with Crippen LogP contribution in [0.3, 0.4) is 0 Å². The van der Waals surface area contributed by atoms with E-state index in [4.69, 9.17) is 9.47 Å². The monoisotopic (exact) mass is 248 g/mol. The molecule has 1 aromatic carbocycles. The van der Waals surface area contributed by atoms with Crippen molar-refractivity contribution in [1.29, 1.82) is 0 Å². The van der Waals surface area contributed by atoms with Gasteiger partial charge in [-0.2, -0.15) is 0 Å². The van der Waals surface area contributed by atoms with Crippen LogP contribution >= 0.6 is 0 Å². The standard InChI is InChI=1S/C15H20O3/c1-10(2)18-14-6-4-5-12(8-14)15(16)13-7-11(3)17-9-13/h4-6,8,10-11,13H,7,9H2,1-3H3. The average molecular weight is 248 g/mol. The van der Waals surface area contributed by atoms with Gasteiger partial charge in [-0.1, -0.05) is 12.1 Å². The zero-order valence-corrected chi connectivity index (χ0v) is 11.2. The highest BCUT2D eigenvalue weighted by atomic mass is 16.5. The largest absolute Gasteiger partial charge is 0.491 e. The molecular weight excluding hydrogens is 228 g/mol. The smallest absolute Gasteiger partial charge is 0.168 e. The van der Waals surface area contributed by atoms with E-state index >= 15 is 0 Å². The summed E-state index contributed by atoms with van der Waals surface area (Å²) in [5.74, 6) is 0.908. The summed E-state index contributed by atoms with van der Waals surface area (Å²) in [6.45, 7) is 6.49. The summed E-state index contributed by atoms with van der Waals surface area (Å²) in [7, 11) is 0. The quantitative estimate of drug-likeness (QED) is 0.768. The van der Waals surface area contributed by atoms with E-state index in [0.717, 1.165) is 17.7 Å². The Labute approximate surface area is 108 Å². The first-order chi connectivity index (χ1) is 8.56. The molecule has 0 aliphatic carbocycles. The van der Waals surface area contributed by atoms with E-state index in [9.17, 15) is 4.79 Å². The molecule has 0 N–H and O–H groups in total. The van der Waals surface area contributed by atoms with Crippen LogP contribution in [0.1, 0.15) is 37.6 Å². The molecule has 0 spiro atoms. The Hall–Kier alpha value is -1.35. The number of ether oxygens (including phenoxy) is 2. The molecule has 0 radical (unpaired) electrons. The van der Waals surface area contributed by atoms with E-state index in [2.05, 4.69) is 0 Å². The molecule has 2 atom stereocenters. The maximum absolute atomic E-state index is 12.3. The first-order valence-electron chi connectivity index (χ1n) is 6.49. The number of hydrogen-bond donors (Lipinski definition) is 0. The number of Topliss-reactive ketones (excluding diaryl/α,β-unsaturated/α-hetero) is 1. The maximum atomic E-state index is 12.3. The van der Waals surface area contributed by atoms with Crippen molar-refractivity contribution < 1.29 is 14.3 Å². The lowest BCUT2D eigenvalue weighted by Crippen LogP contribution is -2.15. The second kappa shape index (κ2) is 5.53. The van der Waals surface area contributed by atoms with Crippen molar-refractivity contribution in [3.8, 4) is 5.75 Å². The second-order valence-corrected chi connectivity index (χ2v) is 5.14. The Bertz CT molecular complexity index is 426. The van der Waals surface area contributed by atoms with Gasteiger partial charge in [0, 0.05) is 11.5 Å². The molecule has 0 saturated carbocycles. The van der Waals surface area contributed by atoms with Crippen molar-refractivity contribution in [2.45, 2.75) is 39.4 Å². The van der Waals surface area contributed by atoms with Crippen LogP contribution < -0.4 is 4.74 Å². The number of rotatable bonds is 4. The fourth-order valence-electron chi connectivity index (χ4n) is 2.23. The molecule has 0 amide bonds. The van der Waals surface area contributed by atoms with E-state index < -0.39 is 0 Å². The van der Waals surface area contributed by atoms with Crippen LogP contribution in [0, 0.1) is 5.92 Å². The zero-order valence-electron chi connectivity index (χ0n) is 11.2. The van der Waals surface area contributed by atoms with Crippen LogP contribution in [-0.2, 0) is 4.74 Å². The van der Waals surface area contributed by atoms with Gasteiger partial charge in [0.1, 0.15) is 5.75 Å². The van der Waals surface area contributed by atoms with E-state index in [1.165, 1.54) is 0 Å². The molecule has 0 aromatic heterocycles. The van der Waals surface area contributed by atoms with Gasteiger partial charge in [0.2, 0.25) is 0 Å². The van der Waals surface area contributed by atoms with Gasteiger partial charge in [0.25, 0.3) is 0 Å². The summed E-state index contributed by atoms with van der Waals surface area (Å²) in [5.41, 5.74) is 0.718. The molecule has 98 valence electrons. The zero-order chi connectivity index (χ0) is 13.1. The Morgan fingerprint density at radius 2 is 2.22 bits per heavy atom. The topological polar surface area (TPSA) is 35.5 Å². The first kappa shape index (κ1) is 13.1. The van der Waals surface area contributed by atoms with Crippen LogP contribution in [0.5, 0.6) is 5.75 Å². The van der Waals surface area contributed by atoms with Gasteiger partial charge < -0.3 is 9.47 Å². The van der Waals surface area contributed by atoms with Crippen molar-refractivity contribution in [3.63, 3.8) is 0 Å². The molecular formula is C15H20O3. The predicted octanol–water partition coefficient (Wildman–Crippen LogP) is 3.08. The molecule has 1 heterocycles. The SMILES string of the molecule is CC(C)Oc1cccc(C(=O)C2COC(C)C2)c1. The summed E-state index contributed by atoms with van der Waals surface area (Å²) in [5, 5.41) is 0. The van der Waals surface area contributed by atoms with Crippen LogP contribution in [-0.4, -0.2) is 24.6 Å². The number of carbonyl (C=O) groups excluding carboxylic acids is 1. The fraction of sp³-hybridized carbons (Fsp3) is 0.533. The van der Waals surface area contributed by atoms with E-state index in [1.807, 2.05) is 45.0 Å². The first-order valence-corrected chi connectivity index (χ1v) is 6.49. The lowest BCUT2D eigenvalue weighted by molar-refractivity contribution is 0.0877. The second-order valence-electron chi connectivity index (χ2n) is 5.14. The van der Waals surface area contributed by atoms with Crippen molar-refractivity contribution in [3.05, 3.63) is 29.8 Å². The highest BCUT2D eigenvalue weighted by Crippen LogP contribution is 2.25. The highest BCUT2D eigenvalue weighted by Gasteiger charge is 2.29. The Morgan fingerprint density at radius 3 is 2.83 bits per heavy atom. The summed E-state index contributed by atoms with van der Waals surface area (Å²) >= 11 is 0. The molecule has 3 heteroatoms. The van der Waals surface area contributed by atoms with Crippen molar-refractivity contribution >= 4 is 5.78 Å². The summed E-state index contributed by atoms with van der Waals surface area (Å²) in [6, 6.07) is 7.42. The molecule has 1 saturated heterocycles. The van der Waals surface area contributed by atoms with Crippen LogP contribution in [0.4, 0.5) is 0 Å². The van der Waals surface area contributed by atoms with Gasteiger partial charge in [-0.25, -0.2) is 0 Å². The lowest BCUT2D eigenvalue weighted by atomic mass is 9.95. The van der Waals surface area contributed by atoms with Gasteiger partial charge >= 0.3 is 0 Å². The summed E-state index contributed by atoms with van der Waals surface area (Å²) in [4.78, 5) is 12.3. The third kappa shape index (κ3) is 3.10. The van der Waals surface area contributed by atoms with Crippen molar-refractivity contribution in [1.82, 2.24) is 0 Å². The Balaban J connectivity index is 2.10. The third-order valence-electron chi connectivity index (χ3n) is 3.06. The molecule has 1 aliphatic heterocycles. The van der Waals surface area contributed by atoms with Gasteiger partial charge in [-0.3, -0.25) is 4.79 Å². The van der Waals surface area contributed by atoms with Crippen LogP contribution in [0.25, 0.3) is 0 Å². The number of hydrogen-bond acceptors (Lipinski definition) is 3. The van der Waals surface area contributed by atoms with Crippen LogP contribution in [0.2, 0.25) is 0 Å². The van der Waals surface area contributed by atoms with Gasteiger partial charge in [0.15, 0.2) is 5.78 Å². The minimum absolute atomic E-state index is 0.00528. The van der Waals surface area contributed by atoms with Gasteiger partial charge in [0.05, 0.1) is 18.8 Å². The third-order valence-corrected chi connectivity index (χ3v) is 3.06. The maximum Gasteiger partial charge on any atom is 0.168 e. The Morgan fingerprint density at radius 1 is 1.44 bits per heavy atom. The van der Waals surface area contributed by atoms with E-state index in [0.29, 0.717) is 6.61 Å². The number of benzene rings is 1. The van der Waals surface area contributed by atoms with Crippen molar-refractivity contribution in [2.75, 3.05) is 6.61 Å². The molecule has 1 fully saturated rings. The average Bonchev–Trinajstić information content (AvgIpc) is 2.74. The predicted molar refractivity (Wildman–Crippen MR) is 70.1 cm³/mol.